The fraction of sp³-hybridized carbons (Fsp3) is 0.714. The first-order valence-electron chi connectivity index (χ1n) is 11.2. The van der Waals surface area contributed by atoms with Gasteiger partial charge < -0.3 is 18.9 Å². The standard InChI is InChI=1S/C21H34N6O6S/c1-13-7-8-17(33-13)20-24-25-21(27(20)18(32-6)9-10-30-4)26-34(28,29)15(3)14(2)19-22-11-16(31-5)12-23-19/h11-15,17-18H,7-10H2,1-6H3,(H,25,26)/t13-,14-,15-,17-,18?/m0/s1. The summed E-state index contributed by atoms with van der Waals surface area (Å²) in [7, 11) is 0.761. The maximum Gasteiger partial charge on any atom is 0.240 e. The minimum atomic E-state index is -3.89. The first-order valence-corrected chi connectivity index (χ1v) is 12.8. The van der Waals surface area contributed by atoms with Crippen LogP contribution in [0.3, 0.4) is 0 Å². The second-order valence-electron chi connectivity index (χ2n) is 8.36. The van der Waals surface area contributed by atoms with Crippen LogP contribution in [0.15, 0.2) is 12.4 Å². The van der Waals surface area contributed by atoms with Gasteiger partial charge in [-0.15, -0.1) is 10.2 Å². The molecular formula is C21H34N6O6S. The van der Waals surface area contributed by atoms with E-state index in [0.717, 1.165) is 12.8 Å². The Morgan fingerprint density at radius 1 is 1.18 bits per heavy atom. The van der Waals surface area contributed by atoms with Crippen molar-refractivity contribution in [1.29, 1.82) is 0 Å². The Morgan fingerprint density at radius 3 is 2.44 bits per heavy atom. The van der Waals surface area contributed by atoms with Crippen LogP contribution in [-0.4, -0.2) is 72.4 Å². The summed E-state index contributed by atoms with van der Waals surface area (Å²) in [5.41, 5.74) is 0. The lowest BCUT2D eigenvalue weighted by atomic mass is 10.1. The third-order valence-corrected chi connectivity index (χ3v) is 7.94. The first-order chi connectivity index (χ1) is 16.2. The highest BCUT2D eigenvalue weighted by Crippen LogP contribution is 2.35. The van der Waals surface area contributed by atoms with Crippen LogP contribution in [-0.2, 0) is 24.2 Å². The van der Waals surface area contributed by atoms with Crippen molar-refractivity contribution in [3.8, 4) is 5.75 Å². The molecule has 1 aliphatic heterocycles. The highest BCUT2D eigenvalue weighted by molar-refractivity contribution is 7.93. The molecule has 0 aromatic carbocycles. The maximum atomic E-state index is 13.3. The van der Waals surface area contributed by atoms with Gasteiger partial charge in [-0.25, -0.2) is 18.4 Å². The Labute approximate surface area is 200 Å². The molecule has 0 amide bonds. The van der Waals surface area contributed by atoms with Crippen LogP contribution in [0.5, 0.6) is 5.75 Å². The molecule has 3 rings (SSSR count). The summed E-state index contributed by atoms with van der Waals surface area (Å²) in [6.07, 6.45) is 4.37. The first kappa shape index (κ1) is 26.3. The molecule has 1 saturated heterocycles. The third-order valence-electron chi connectivity index (χ3n) is 6.09. The number of hydrogen-bond donors (Lipinski definition) is 1. The van der Waals surface area contributed by atoms with Gasteiger partial charge in [-0.3, -0.25) is 9.29 Å². The summed E-state index contributed by atoms with van der Waals surface area (Å²) in [5.74, 6) is 0.976. The summed E-state index contributed by atoms with van der Waals surface area (Å²) in [6, 6.07) is 0. The molecule has 2 aromatic heterocycles. The average Bonchev–Trinajstić information content (AvgIpc) is 3.44. The van der Waals surface area contributed by atoms with Gasteiger partial charge in [-0.2, -0.15) is 0 Å². The largest absolute Gasteiger partial charge is 0.494 e. The quantitative estimate of drug-likeness (QED) is 0.464. The van der Waals surface area contributed by atoms with Crippen LogP contribution in [0.1, 0.15) is 69.9 Å². The van der Waals surface area contributed by atoms with Gasteiger partial charge in [0.05, 0.1) is 37.5 Å². The summed E-state index contributed by atoms with van der Waals surface area (Å²) in [5, 5.41) is 7.57. The van der Waals surface area contributed by atoms with Crippen LogP contribution in [0.2, 0.25) is 0 Å². The number of ether oxygens (including phenoxy) is 4. The fourth-order valence-electron chi connectivity index (χ4n) is 3.81. The van der Waals surface area contributed by atoms with Gasteiger partial charge in [0.25, 0.3) is 0 Å². The maximum absolute atomic E-state index is 13.3. The van der Waals surface area contributed by atoms with Crippen LogP contribution in [0, 0.1) is 0 Å². The van der Waals surface area contributed by atoms with Crippen LogP contribution < -0.4 is 9.46 Å². The summed E-state index contributed by atoms with van der Waals surface area (Å²) in [6.45, 7) is 5.76. The van der Waals surface area contributed by atoms with Crippen molar-refractivity contribution < 1.29 is 27.4 Å². The Balaban J connectivity index is 1.89. The SMILES string of the molecule is COCCC(OC)n1c(NS(=O)(=O)[C@@H](C)[C@H](C)c2ncc(OC)cn2)nnc1[C@@H]1CC[C@H](C)O1. The lowest BCUT2D eigenvalue weighted by Crippen LogP contribution is -2.32. The van der Waals surface area contributed by atoms with Gasteiger partial charge in [0.15, 0.2) is 11.6 Å². The number of rotatable bonds is 12. The lowest BCUT2D eigenvalue weighted by molar-refractivity contribution is 0.00194. The summed E-state index contributed by atoms with van der Waals surface area (Å²) in [4.78, 5) is 8.47. The zero-order chi connectivity index (χ0) is 24.9. The third kappa shape index (κ3) is 5.82. The Bertz CT molecular complexity index is 1030. The normalized spacial score (nSPS) is 21.2. The number of hydrogen-bond acceptors (Lipinski definition) is 10. The van der Waals surface area contributed by atoms with E-state index < -0.39 is 27.4 Å². The molecular weight excluding hydrogens is 464 g/mol. The molecule has 1 unspecified atom stereocenters. The molecule has 190 valence electrons. The second-order valence-corrected chi connectivity index (χ2v) is 10.4. The van der Waals surface area contributed by atoms with Crippen LogP contribution in [0.25, 0.3) is 0 Å². The van der Waals surface area contributed by atoms with Crippen molar-refractivity contribution in [2.45, 2.75) is 69.6 Å². The highest BCUT2D eigenvalue weighted by atomic mass is 32.2. The van der Waals surface area contributed by atoms with Gasteiger partial charge in [0.1, 0.15) is 18.2 Å². The molecule has 0 bridgehead atoms. The number of methoxy groups -OCH3 is 3. The van der Waals surface area contributed by atoms with E-state index in [4.69, 9.17) is 18.9 Å². The molecule has 0 radical (unpaired) electrons. The van der Waals surface area contributed by atoms with Gasteiger partial charge in [0, 0.05) is 26.6 Å². The van der Waals surface area contributed by atoms with E-state index in [0.29, 0.717) is 30.4 Å². The summed E-state index contributed by atoms with van der Waals surface area (Å²) >= 11 is 0. The second kappa shape index (κ2) is 11.4. The van der Waals surface area contributed by atoms with Gasteiger partial charge >= 0.3 is 0 Å². The van der Waals surface area contributed by atoms with E-state index in [1.807, 2.05) is 6.92 Å². The molecule has 3 heterocycles. The lowest BCUT2D eigenvalue weighted by Gasteiger charge is -2.24. The van der Waals surface area contributed by atoms with Gasteiger partial charge in [0.2, 0.25) is 16.0 Å². The fourth-order valence-corrected chi connectivity index (χ4v) is 5.04. The van der Waals surface area contributed by atoms with E-state index in [-0.39, 0.29) is 18.2 Å². The molecule has 0 spiro atoms. The van der Waals surface area contributed by atoms with Crippen LogP contribution >= 0.6 is 0 Å². The van der Waals surface area contributed by atoms with Crippen molar-refractivity contribution in [3.05, 3.63) is 24.0 Å². The number of aromatic nitrogens is 5. The molecule has 1 N–H and O–H groups in total. The van der Waals surface area contributed by atoms with Crippen molar-refractivity contribution >= 4 is 16.0 Å². The molecule has 13 heteroatoms. The minimum absolute atomic E-state index is 0.0656. The molecule has 1 fully saturated rings. The number of nitrogens with one attached hydrogen (secondary N) is 1. The van der Waals surface area contributed by atoms with Crippen molar-refractivity contribution in [2.24, 2.45) is 0 Å². The minimum Gasteiger partial charge on any atom is -0.494 e. The molecule has 1 aliphatic rings. The van der Waals surface area contributed by atoms with Gasteiger partial charge in [-0.1, -0.05) is 6.92 Å². The number of nitrogens with zero attached hydrogens (tertiary/aromatic N) is 5. The Kier molecular flexibility index (Phi) is 8.79. The monoisotopic (exact) mass is 498 g/mol. The van der Waals surface area contributed by atoms with E-state index >= 15 is 0 Å². The van der Waals surface area contributed by atoms with Crippen molar-refractivity contribution in [3.63, 3.8) is 0 Å². The topological polar surface area (TPSA) is 140 Å². The molecule has 5 atom stereocenters. The van der Waals surface area contributed by atoms with Crippen molar-refractivity contribution in [1.82, 2.24) is 24.7 Å². The summed E-state index contributed by atoms with van der Waals surface area (Å²) < 4.78 is 52.8. The van der Waals surface area contributed by atoms with Gasteiger partial charge in [-0.05, 0) is 26.7 Å². The molecule has 12 nitrogen and oxygen atoms in total. The Hall–Kier alpha value is -2.35. The zero-order valence-electron chi connectivity index (χ0n) is 20.5. The average molecular weight is 499 g/mol. The zero-order valence-corrected chi connectivity index (χ0v) is 21.3. The van der Waals surface area contributed by atoms with E-state index in [2.05, 4.69) is 24.9 Å². The molecule has 2 aromatic rings. The van der Waals surface area contributed by atoms with E-state index in [9.17, 15) is 8.42 Å². The molecule has 0 aliphatic carbocycles. The predicted octanol–water partition coefficient (Wildman–Crippen LogP) is 2.43. The number of anilines is 1. The molecule has 34 heavy (non-hydrogen) atoms. The smallest absolute Gasteiger partial charge is 0.240 e. The predicted molar refractivity (Wildman–Crippen MR) is 124 cm³/mol. The Morgan fingerprint density at radius 2 is 1.88 bits per heavy atom. The van der Waals surface area contributed by atoms with Crippen molar-refractivity contribution in [2.75, 3.05) is 32.7 Å². The number of sulfonamides is 1. The molecule has 0 saturated carbocycles. The highest BCUT2D eigenvalue weighted by Gasteiger charge is 2.35. The van der Waals surface area contributed by atoms with E-state index in [1.165, 1.54) is 19.5 Å². The van der Waals surface area contributed by atoms with E-state index in [1.54, 1.807) is 32.6 Å². The van der Waals surface area contributed by atoms with Crippen LogP contribution in [0.4, 0.5) is 5.95 Å².